The van der Waals surface area contributed by atoms with Crippen molar-refractivity contribution in [2.24, 2.45) is 17.8 Å². The lowest BCUT2D eigenvalue weighted by Crippen LogP contribution is -2.32. The number of hydrogen-bond donors (Lipinski definition) is 1. The fourth-order valence-corrected chi connectivity index (χ4v) is 3.26. The smallest absolute Gasteiger partial charge is 0.306 e. The molecule has 0 saturated heterocycles. The van der Waals surface area contributed by atoms with E-state index in [1.54, 1.807) is 0 Å². The SMILES string of the molecule is CCC1CCC(C(=O)O)C(Cc2cc(F)ccc2F)C1. The summed E-state index contributed by atoms with van der Waals surface area (Å²) in [6.45, 7) is 2.09. The normalized spacial score (nSPS) is 26.4. The average Bonchev–Trinajstić information content (AvgIpc) is 2.42. The summed E-state index contributed by atoms with van der Waals surface area (Å²) in [6.07, 6.45) is 3.64. The van der Waals surface area contributed by atoms with E-state index in [0.717, 1.165) is 31.4 Å². The first-order valence-corrected chi connectivity index (χ1v) is 7.18. The second-order valence-electron chi connectivity index (χ2n) is 5.73. The third-order valence-corrected chi connectivity index (χ3v) is 4.48. The van der Waals surface area contributed by atoms with Gasteiger partial charge in [0.1, 0.15) is 11.6 Å². The van der Waals surface area contributed by atoms with Gasteiger partial charge in [-0.1, -0.05) is 13.3 Å². The largest absolute Gasteiger partial charge is 0.481 e. The summed E-state index contributed by atoms with van der Waals surface area (Å²) >= 11 is 0. The Morgan fingerprint density at radius 1 is 1.35 bits per heavy atom. The Labute approximate surface area is 117 Å². The predicted molar refractivity (Wildman–Crippen MR) is 72.3 cm³/mol. The molecule has 0 amide bonds. The van der Waals surface area contributed by atoms with Crippen molar-refractivity contribution in [1.82, 2.24) is 0 Å². The van der Waals surface area contributed by atoms with Crippen LogP contribution in [0, 0.1) is 29.4 Å². The molecule has 1 aliphatic carbocycles. The van der Waals surface area contributed by atoms with E-state index >= 15 is 0 Å². The van der Waals surface area contributed by atoms with Crippen LogP contribution in [0.2, 0.25) is 0 Å². The van der Waals surface area contributed by atoms with Crippen molar-refractivity contribution in [2.45, 2.75) is 39.0 Å². The van der Waals surface area contributed by atoms with Crippen LogP contribution in [0.5, 0.6) is 0 Å². The minimum absolute atomic E-state index is 0.109. The first-order chi connectivity index (χ1) is 9.51. The number of halogens is 2. The number of aliphatic carboxylic acids is 1. The van der Waals surface area contributed by atoms with Crippen LogP contribution in [0.25, 0.3) is 0 Å². The molecule has 1 N–H and O–H groups in total. The topological polar surface area (TPSA) is 37.3 Å². The Balaban J connectivity index is 2.18. The molecule has 0 heterocycles. The Morgan fingerprint density at radius 3 is 2.75 bits per heavy atom. The van der Waals surface area contributed by atoms with Crippen LogP contribution in [0.3, 0.4) is 0 Å². The van der Waals surface area contributed by atoms with E-state index in [0.29, 0.717) is 18.8 Å². The minimum Gasteiger partial charge on any atom is -0.481 e. The summed E-state index contributed by atoms with van der Waals surface area (Å²) in [4.78, 5) is 11.3. The highest BCUT2D eigenvalue weighted by Gasteiger charge is 2.34. The maximum Gasteiger partial charge on any atom is 0.306 e. The Hall–Kier alpha value is -1.45. The number of rotatable bonds is 4. The van der Waals surface area contributed by atoms with Gasteiger partial charge in [0, 0.05) is 0 Å². The van der Waals surface area contributed by atoms with Gasteiger partial charge >= 0.3 is 5.97 Å². The van der Waals surface area contributed by atoms with E-state index in [2.05, 4.69) is 6.92 Å². The van der Waals surface area contributed by atoms with Crippen LogP contribution in [-0.2, 0) is 11.2 Å². The number of carbonyl (C=O) groups is 1. The molecule has 0 aromatic heterocycles. The molecule has 0 bridgehead atoms. The summed E-state index contributed by atoms with van der Waals surface area (Å²) in [6, 6.07) is 3.38. The molecule has 3 unspecified atom stereocenters. The molecule has 20 heavy (non-hydrogen) atoms. The fraction of sp³-hybridized carbons (Fsp3) is 0.562. The van der Waals surface area contributed by atoms with E-state index in [9.17, 15) is 18.7 Å². The van der Waals surface area contributed by atoms with Crippen LogP contribution in [0.4, 0.5) is 8.78 Å². The second kappa shape index (κ2) is 6.33. The summed E-state index contributed by atoms with van der Waals surface area (Å²) < 4.78 is 26.9. The van der Waals surface area contributed by atoms with Gasteiger partial charge in [0.05, 0.1) is 5.92 Å². The molecule has 0 spiro atoms. The summed E-state index contributed by atoms with van der Waals surface area (Å²) in [5.74, 6) is -1.80. The Kier molecular flexibility index (Phi) is 4.73. The fourth-order valence-electron chi connectivity index (χ4n) is 3.26. The molecule has 1 aliphatic rings. The molecule has 0 radical (unpaired) electrons. The van der Waals surface area contributed by atoms with E-state index in [4.69, 9.17) is 0 Å². The zero-order valence-electron chi connectivity index (χ0n) is 11.6. The third kappa shape index (κ3) is 3.35. The van der Waals surface area contributed by atoms with Gasteiger partial charge in [-0.3, -0.25) is 4.79 Å². The van der Waals surface area contributed by atoms with Crippen molar-refractivity contribution in [2.75, 3.05) is 0 Å². The molecular formula is C16H20F2O2. The van der Waals surface area contributed by atoms with Crippen molar-refractivity contribution in [3.63, 3.8) is 0 Å². The predicted octanol–water partition coefficient (Wildman–Crippen LogP) is 4.03. The second-order valence-corrected chi connectivity index (χ2v) is 5.73. The van der Waals surface area contributed by atoms with E-state index in [1.165, 1.54) is 6.07 Å². The van der Waals surface area contributed by atoms with Gasteiger partial charge < -0.3 is 5.11 Å². The molecule has 2 nitrogen and oxygen atoms in total. The molecule has 1 aromatic carbocycles. The monoisotopic (exact) mass is 282 g/mol. The first-order valence-electron chi connectivity index (χ1n) is 7.18. The molecule has 2 rings (SSSR count). The van der Waals surface area contributed by atoms with Gasteiger partial charge in [0.15, 0.2) is 0 Å². The maximum absolute atomic E-state index is 13.7. The average molecular weight is 282 g/mol. The molecule has 110 valence electrons. The lowest BCUT2D eigenvalue weighted by atomic mass is 9.71. The lowest BCUT2D eigenvalue weighted by Gasteiger charge is -2.33. The van der Waals surface area contributed by atoms with Gasteiger partial charge in [-0.15, -0.1) is 0 Å². The summed E-state index contributed by atoms with van der Waals surface area (Å²) in [7, 11) is 0. The van der Waals surface area contributed by atoms with Crippen molar-refractivity contribution < 1.29 is 18.7 Å². The van der Waals surface area contributed by atoms with Gasteiger partial charge in [-0.25, -0.2) is 8.78 Å². The zero-order chi connectivity index (χ0) is 14.7. The van der Waals surface area contributed by atoms with Crippen LogP contribution >= 0.6 is 0 Å². The van der Waals surface area contributed by atoms with Gasteiger partial charge in [-0.2, -0.15) is 0 Å². The third-order valence-electron chi connectivity index (χ3n) is 4.48. The summed E-state index contributed by atoms with van der Waals surface area (Å²) in [5, 5.41) is 9.30. The molecular weight excluding hydrogens is 262 g/mol. The molecule has 1 saturated carbocycles. The molecule has 1 fully saturated rings. The van der Waals surface area contributed by atoms with E-state index in [-0.39, 0.29) is 11.5 Å². The van der Waals surface area contributed by atoms with Crippen LogP contribution in [-0.4, -0.2) is 11.1 Å². The Morgan fingerprint density at radius 2 is 2.10 bits per heavy atom. The minimum atomic E-state index is -0.818. The Bertz CT molecular complexity index is 487. The lowest BCUT2D eigenvalue weighted by molar-refractivity contribution is -0.145. The molecule has 1 aromatic rings. The standard InChI is InChI=1S/C16H20F2O2/c1-2-10-3-5-14(16(19)20)11(7-10)8-12-9-13(17)4-6-15(12)18/h4,6,9-11,14H,2-3,5,7-8H2,1H3,(H,19,20). The van der Waals surface area contributed by atoms with Gasteiger partial charge in [-0.05, 0) is 61.3 Å². The number of benzene rings is 1. The maximum atomic E-state index is 13.7. The quantitative estimate of drug-likeness (QED) is 0.905. The first kappa shape index (κ1) is 14.9. The van der Waals surface area contributed by atoms with Crippen molar-refractivity contribution in [3.8, 4) is 0 Å². The van der Waals surface area contributed by atoms with Crippen molar-refractivity contribution in [1.29, 1.82) is 0 Å². The van der Waals surface area contributed by atoms with Crippen LogP contribution in [0.1, 0.15) is 38.2 Å². The van der Waals surface area contributed by atoms with Crippen LogP contribution in [0.15, 0.2) is 18.2 Å². The van der Waals surface area contributed by atoms with Crippen molar-refractivity contribution >= 4 is 5.97 Å². The zero-order valence-corrected chi connectivity index (χ0v) is 11.6. The highest BCUT2D eigenvalue weighted by Crippen LogP contribution is 2.38. The van der Waals surface area contributed by atoms with Crippen LogP contribution < -0.4 is 0 Å². The van der Waals surface area contributed by atoms with Gasteiger partial charge in [0.25, 0.3) is 0 Å². The molecule has 4 heteroatoms. The van der Waals surface area contributed by atoms with E-state index < -0.39 is 23.5 Å². The number of hydrogen-bond acceptors (Lipinski definition) is 1. The van der Waals surface area contributed by atoms with E-state index in [1.807, 2.05) is 0 Å². The summed E-state index contributed by atoms with van der Waals surface area (Å²) in [5.41, 5.74) is 0.290. The molecule has 0 aliphatic heterocycles. The van der Waals surface area contributed by atoms with Gasteiger partial charge in [0.2, 0.25) is 0 Å². The molecule has 3 atom stereocenters. The highest BCUT2D eigenvalue weighted by molar-refractivity contribution is 5.70. The van der Waals surface area contributed by atoms with Crippen molar-refractivity contribution in [3.05, 3.63) is 35.4 Å². The number of carboxylic acid groups (broad SMARTS) is 1. The highest BCUT2D eigenvalue weighted by atomic mass is 19.1. The number of carboxylic acids is 1.